The van der Waals surface area contributed by atoms with Crippen molar-refractivity contribution in [3.8, 4) is 11.5 Å². The molecule has 136 valence electrons. The number of carbonyl (C=O) groups excluding carboxylic acids is 2. The molecule has 0 saturated carbocycles. The van der Waals surface area contributed by atoms with E-state index in [0.717, 1.165) is 16.7 Å². The summed E-state index contributed by atoms with van der Waals surface area (Å²) in [6.45, 7) is 3.60. The van der Waals surface area contributed by atoms with Gasteiger partial charge in [0.05, 0.1) is 0 Å². The normalized spacial score (nSPS) is 10.8. The minimum Gasteiger partial charge on any atom is -0.507 e. The van der Waals surface area contributed by atoms with Crippen molar-refractivity contribution in [1.82, 2.24) is 4.90 Å². The summed E-state index contributed by atoms with van der Waals surface area (Å²) in [5.41, 5.74) is 2.92. The van der Waals surface area contributed by atoms with Crippen LogP contribution < -0.4 is 4.74 Å². The Morgan fingerprint density at radius 1 is 1.08 bits per heavy atom. The van der Waals surface area contributed by atoms with Crippen LogP contribution in [-0.4, -0.2) is 42.4 Å². The van der Waals surface area contributed by atoms with E-state index in [4.69, 9.17) is 4.74 Å². The first-order valence-electron chi connectivity index (χ1n) is 8.23. The Morgan fingerprint density at radius 2 is 1.65 bits per heavy atom. The maximum atomic E-state index is 12.3. The van der Waals surface area contributed by atoms with E-state index in [0.29, 0.717) is 11.3 Å². The van der Waals surface area contributed by atoms with Gasteiger partial charge in [0.15, 0.2) is 12.4 Å². The fraction of sp³-hybridized carbons (Fsp3) is 0.238. The molecule has 0 aliphatic carbocycles. The molecule has 26 heavy (non-hydrogen) atoms. The number of ether oxygens (including phenoxy) is 1. The fourth-order valence-corrected chi connectivity index (χ4v) is 2.34. The first-order valence-corrected chi connectivity index (χ1v) is 8.23. The maximum Gasteiger partial charge on any atom is 0.259 e. The Balaban J connectivity index is 2.02. The molecule has 0 spiro atoms. The summed E-state index contributed by atoms with van der Waals surface area (Å²) in [6.07, 6.45) is 3.22. The first kappa shape index (κ1) is 19.2. The van der Waals surface area contributed by atoms with Gasteiger partial charge in [-0.1, -0.05) is 6.08 Å². The number of benzene rings is 2. The quantitative estimate of drug-likeness (QED) is 0.639. The molecular weight excluding hydrogens is 330 g/mol. The zero-order valence-electron chi connectivity index (χ0n) is 15.4. The summed E-state index contributed by atoms with van der Waals surface area (Å²) in [5.74, 6) is 0.541. The van der Waals surface area contributed by atoms with E-state index >= 15 is 0 Å². The molecule has 0 bridgehead atoms. The van der Waals surface area contributed by atoms with Gasteiger partial charge in [-0.05, 0) is 73.0 Å². The second-order valence-electron chi connectivity index (χ2n) is 6.30. The molecule has 0 fully saturated rings. The number of phenolic OH excluding ortho intramolecular Hbond substituents is 1. The highest BCUT2D eigenvalue weighted by molar-refractivity contribution is 6.06. The number of allylic oxidation sites excluding steroid dienone is 1. The average Bonchev–Trinajstić information content (AvgIpc) is 2.62. The molecule has 0 saturated heterocycles. The number of amides is 1. The molecule has 1 amide bonds. The van der Waals surface area contributed by atoms with Crippen LogP contribution in [0.5, 0.6) is 11.5 Å². The molecule has 0 unspecified atom stereocenters. The van der Waals surface area contributed by atoms with E-state index in [1.54, 1.807) is 44.4 Å². The summed E-state index contributed by atoms with van der Waals surface area (Å²) in [5, 5.41) is 9.79. The molecule has 0 heterocycles. The second-order valence-corrected chi connectivity index (χ2v) is 6.30. The van der Waals surface area contributed by atoms with Crippen molar-refractivity contribution in [2.24, 2.45) is 0 Å². The highest BCUT2D eigenvalue weighted by atomic mass is 16.5. The molecule has 0 aromatic heterocycles. The van der Waals surface area contributed by atoms with Gasteiger partial charge in [0.2, 0.25) is 0 Å². The van der Waals surface area contributed by atoms with Crippen molar-refractivity contribution in [3.05, 3.63) is 64.7 Å². The number of rotatable bonds is 6. The second kappa shape index (κ2) is 8.34. The van der Waals surface area contributed by atoms with Gasteiger partial charge in [-0.2, -0.15) is 0 Å². The molecule has 2 aromatic rings. The highest BCUT2D eigenvalue weighted by Gasteiger charge is 2.07. The number of ketones is 1. The number of carbonyl (C=O) groups is 2. The Morgan fingerprint density at radius 3 is 2.19 bits per heavy atom. The van der Waals surface area contributed by atoms with Gasteiger partial charge in [0, 0.05) is 19.7 Å². The largest absolute Gasteiger partial charge is 0.507 e. The van der Waals surface area contributed by atoms with Crippen LogP contribution in [0.1, 0.15) is 27.0 Å². The molecule has 0 atom stereocenters. The molecule has 5 heteroatoms. The van der Waals surface area contributed by atoms with Gasteiger partial charge in [0.25, 0.3) is 5.91 Å². The van der Waals surface area contributed by atoms with Crippen LogP contribution >= 0.6 is 0 Å². The molecular formula is C21H23NO4. The van der Waals surface area contributed by atoms with Crippen LogP contribution in [0.15, 0.2) is 42.5 Å². The predicted molar refractivity (Wildman–Crippen MR) is 102 cm³/mol. The number of aryl methyl sites for hydroxylation is 2. The van der Waals surface area contributed by atoms with Gasteiger partial charge in [-0.15, -0.1) is 0 Å². The third-order valence-corrected chi connectivity index (χ3v) is 3.94. The third kappa shape index (κ3) is 4.96. The van der Waals surface area contributed by atoms with Gasteiger partial charge in [0.1, 0.15) is 11.5 Å². The monoisotopic (exact) mass is 353 g/mol. The number of likely N-dealkylation sites (N-methyl/N-ethyl adjacent to an activating group) is 1. The maximum absolute atomic E-state index is 12.3. The lowest BCUT2D eigenvalue weighted by Crippen LogP contribution is -2.27. The summed E-state index contributed by atoms with van der Waals surface area (Å²) < 4.78 is 5.39. The number of hydrogen-bond acceptors (Lipinski definition) is 4. The minimum atomic E-state index is -0.135. The van der Waals surface area contributed by atoms with E-state index < -0.39 is 0 Å². The molecule has 0 aliphatic rings. The Kier molecular flexibility index (Phi) is 6.17. The molecule has 2 aromatic carbocycles. The van der Waals surface area contributed by atoms with Crippen LogP contribution in [0.25, 0.3) is 6.08 Å². The summed E-state index contributed by atoms with van der Waals surface area (Å²) in [6, 6.07) is 10.3. The van der Waals surface area contributed by atoms with Crippen molar-refractivity contribution in [3.63, 3.8) is 0 Å². The van der Waals surface area contributed by atoms with Crippen molar-refractivity contribution in [2.75, 3.05) is 20.7 Å². The highest BCUT2D eigenvalue weighted by Crippen LogP contribution is 2.23. The van der Waals surface area contributed by atoms with Crippen LogP contribution in [0.2, 0.25) is 0 Å². The van der Waals surface area contributed by atoms with Gasteiger partial charge in [-0.3, -0.25) is 9.59 Å². The molecule has 1 N–H and O–H groups in total. The van der Waals surface area contributed by atoms with E-state index in [-0.39, 0.29) is 24.0 Å². The van der Waals surface area contributed by atoms with Crippen LogP contribution in [0.3, 0.4) is 0 Å². The van der Waals surface area contributed by atoms with Crippen molar-refractivity contribution >= 4 is 17.8 Å². The lowest BCUT2D eigenvalue weighted by Gasteiger charge is -2.11. The summed E-state index contributed by atoms with van der Waals surface area (Å²) >= 11 is 0. The summed E-state index contributed by atoms with van der Waals surface area (Å²) in [7, 11) is 3.33. The van der Waals surface area contributed by atoms with Crippen LogP contribution in [0.4, 0.5) is 0 Å². The Labute approximate surface area is 153 Å². The van der Waals surface area contributed by atoms with E-state index in [1.165, 1.54) is 11.0 Å². The molecule has 0 radical (unpaired) electrons. The number of aromatic hydroxyl groups is 1. The SMILES string of the molecule is Cc1cc(C=CC(=O)c2ccc(OCC(=O)N(C)C)cc2)cc(C)c1O. The summed E-state index contributed by atoms with van der Waals surface area (Å²) in [4.78, 5) is 25.2. The molecule has 5 nitrogen and oxygen atoms in total. The smallest absolute Gasteiger partial charge is 0.259 e. The number of nitrogens with zero attached hydrogens (tertiary/aromatic N) is 1. The van der Waals surface area contributed by atoms with Crippen LogP contribution in [-0.2, 0) is 4.79 Å². The molecule has 2 rings (SSSR count). The van der Waals surface area contributed by atoms with Crippen molar-refractivity contribution < 1.29 is 19.4 Å². The predicted octanol–water partition coefficient (Wildman–Crippen LogP) is 3.37. The van der Waals surface area contributed by atoms with Crippen molar-refractivity contribution in [1.29, 1.82) is 0 Å². The van der Waals surface area contributed by atoms with Gasteiger partial charge >= 0.3 is 0 Å². The first-order chi connectivity index (χ1) is 12.3. The minimum absolute atomic E-state index is 0.0419. The van der Waals surface area contributed by atoms with E-state index in [9.17, 15) is 14.7 Å². The van der Waals surface area contributed by atoms with Crippen molar-refractivity contribution in [2.45, 2.75) is 13.8 Å². The van der Waals surface area contributed by atoms with Gasteiger partial charge in [-0.25, -0.2) is 0 Å². The third-order valence-electron chi connectivity index (χ3n) is 3.94. The topological polar surface area (TPSA) is 66.8 Å². The van der Waals surface area contributed by atoms with E-state index in [1.807, 2.05) is 26.0 Å². The molecule has 0 aliphatic heterocycles. The Hall–Kier alpha value is -3.08. The lowest BCUT2D eigenvalue weighted by atomic mass is 10.0. The standard InChI is InChI=1S/C21H23NO4/c1-14-11-16(12-15(2)21(14)25)5-10-19(23)17-6-8-18(9-7-17)26-13-20(24)22(3)4/h5-12,25H,13H2,1-4H3. The lowest BCUT2D eigenvalue weighted by molar-refractivity contribution is -0.130. The fourth-order valence-electron chi connectivity index (χ4n) is 2.34. The number of hydrogen-bond donors (Lipinski definition) is 1. The zero-order valence-corrected chi connectivity index (χ0v) is 15.4. The Bertz CT molecular complexity index is 813. The number of phenols is 1. The van der Waals surface area contributed by atoms with Crippen LogP contribution in [0, 0.1) is 13.8 Å². The average molecular weight is 353 g/mol. The van der Waals surface area contributed by atoms with Gasteiger partial charge < -0.3 is 14.7 Å². The van der Waals surface area contributed by atoms with E-state index in [2.05, 4.69) is 0 Å². The zero-order chi connectivity index (χ0) is 19.3.